The zero-order valence-electron chi connectivity index (χ0n) is 14.7. The largest absolute Gasteiger partial charge is 0.355 e. The highest BCUT2D eigenvalue weighted by Crippen LogP contribution is 2.32. The van der Waals surface area contributed by atoms with E-state index in [2.05, 4.69) is 15.6 Å². The van der Waals surface area contributed by atoms with Gasteiger partial charge in [-0.1, -0.05) is 12.1 Å². The number of nitrogens with zero attached hydrogens (tertiary/aromatic N) is 2. The van der Waals surface area contributed by atoms with Crippen molar-refractivity contribution in [2.75, 3.05) is 7.05 Å². The van der Waals surface area contributed by atoms with E-state index in [4.69, 9.17) is 0 Å². The fraction of sp³-hybridized carbons (Fsp3) is 0.250. The second-order valence-corrected chi connectivity index (χ2v) is 6.64. The molecule has 0 radical (unpaired) electrons. The molecule has 6 heteroatoms. The van der Waals surface area contributed by atoms with Crippen molar-refractivity contribution in [3.63, 3.8) is 0 Å². The lowest BCUT2D eigenvalue weighted by Gasteiger charge is -2.14. The number of rotatable bonds is 3. The average molecular weight is 348 g/mol. The Hall–Kier alpha value is -3.15. The summed E-state index contributed by atoms with van der Waals surface area (Å²) >= 11 is 0. The molecular weight excluding hydrogens is 328 g/mol. The van der Waals surface area contributed by atoms with E-state index in [1.165, 1.54) is 0 Å². The number of hydrogen-bond acceptors (Lipinski definition) is 3. The van der Waals surface area contributed by atoms with Crippen LogP contribution in [0.5, 0.6) is 0 Å². The third-order valence-corrected chi connectivity index (χ3v) is 4.90. The molecule has 0 spiro atoms. The normalized spacial score (nSPS) is 15.7. The molecule has 2 N–H and O–H groups in total. The smallest absolute Gasteiger partial charge is 0.270 e. The maximum atomic E-state index is 12.8. The Labute approximate surface area is 151 Å². The maximum absolute atomic E-state index is 12.8. The van der Waals surface area contributed by atoms with Crippen molar-refractivity contribution in [3.8, 4) is 0 Å². The van der Waals surface area contributed by atoms with Crippen molar-refractivity contribution < 1.29 is 9.59 Å². The number of imidazole rings is 1. The molecule has 0 unspecified atom stereocenters. The maximum Gasteiger partial charge on any atom is 0.270 e. The summed E-state index contributed by atoms with van der Waals surface area (Å²) in [4.78, 5) is 28.9. The molecule has 2 aromatic heterocycles. The first-order valence-electron chi connectivity index (χ1n) is 8.66. The lowest BCUT2D eigenvalue weighted by atomic mass is 10.0. The predicted molar refractivity (Wildman–Crippen MR) is 98.3 cm³/mol. The van der Waals surface area contributed by atoms with Gasteiger partial charge >= 0.3 is 0 Å². The van der Waals surface area contributed by atoms with Crippen LogP contribution in [0.25, 0.3) is 5.65 Å². The van der Waals surface area contributed by atoms with E-state index in [0.717, 1.165) is 35.2 Å². The van der Waals surface area contributed by atoms with E-state index < -0.39 is 0 Å². The molecule has 0 aliphatic heterocycles. The van der Waals surface area contributed by atoms with Crippen LogP contribution in [0.2, 0.25) is 0 Å². The summed E-state index contributed by atoms with van der Waals surface area (Å²) in [6.07, 6.45) is 5.19. The molecule has 6 nitrogen and oxygen atoms in total. The fourth-order valence-electron chi connectivity index (χ4n) is 3.54. The Morgan fingerprint density at radius 2 is 2.04 bits per heavy atom. The molecule has 0 saturated heterocycles. The van der Waals surface area contributed by atoms with Gasteiger partial charge in [-0.15, -0.1) is 0 Å². The SMILES string of the molecule is CNC(=O)c1ccc2c(c1)CC[C@H]2NC(=O)c1cnc2ccc(C)cn12. The van der Waals surface area contributed by atoms with Crippen LogP contribution in [-0.2, 0) is 6.42 Å². The van der Waals surface area contributed by atoms with Crippen LogP contribution < -0.4 is 10.6 Å². The number of fused-ring (bicyclic) bond motifs is 2. The van der Waals surface area contributed by atoms with Crippen molar-refractivity contribution in [1.82, 2.24) is 20.0 Å². The van der Waals surface area contributed by atoms with Gasteiger partial charge in [-0.25, -0.2) is 4.98 Å². The number of hydrogen-bond donors (Lipinski definition) is 2. The minimum atomic E-state index is -0.142. The average Bonchev–Trinajstić information content (AvgIpc) is 3.24. The summed E-state index contributed by atoms with van der Waals surface area (Å²) in [5, 5.41) is 5.75. The summed E-state index contributed by atoms with van der Waals surface area (Å²) in [5.41, 5.74) is 5.19. The van der Waals surface area contributed by atoms with Gasteiger partial charge in [0, 0.05) is 18.8 Å². The van der Waals surface area contributed by atoms with Gasteiger partial charge in [-0.2, -0.15) is 0 Å². The lowest BCUT2D eigenvalue weighted by molar-refractivity contribution is 0.0928. The summed E-state index contributed by atoms with van der Waals surface area (Å²) < 4.78 is 1.81. The Bertz CT molecular complexity index is 1020. The Morgan fingerprint density at radius 3 is 2.85 bits per heavy atom. The van der Waals surface area contributed by atoms with Crippen molar-refractivity contribution >= 4 is 17.5 Å². The third kappa shape index (κ3) is 2.73. The highest BCUT2D eigenvalue weighted by Gasteiger charge is 2.26. The molecule has 1 aliphatic rings. The van der Waals surface area contributed by atoms with Crippen molar-refractivity contribution in [3.05, 3.63) is 70.7 Å². The van der Waals surface area contributed by atoms with Crippen LogP contribution in [0.15, 0.2) is 42.7 Å². The predicted octanol–water partition coefficient (Wildman–Crippen LogP) is 2.42. The number of benzene rings is 1. The van der Waals surface area contributed by atoms with E-state index in [1.807, 2.05) is 41.8 Å². The van der Waals surface area contributed by atoms with Crippen LogP contribution >= 0.6 is 0 Å². The molecule has 0 fully saturated rings. The highest BCUT2D eigenvalue weighted by atomic mass is 16.2. The molecule has 26 heavy (non-hydrogen) atoms. The summed E-state index contributed by atoms with van der Waals surface area (Å²) in [6, 6.07) is 9.48. The summed E-state index contributed by atoms with van der Waals surface area (Å²) in [5.74, 6) is -0.238. The Kier molecular flexibility index (Phi) is 3.95. The standard InChI is InChI=1S/C20H20N4O2/c1-12-3-8-18-22-10-17(24(18)11-12)20(26)23-16-7-5-13-9-14(19(25)21-2)4-6-15(13)16/h3-4,6,8-11,16H,5,7H2,1-2H3,(H,21,25)(H,23,26)/t16-/m1/s1. The topological polar surface area (TPSA) is 75.5 Å². The molecule has 2 heterocycles. The summed E-state index contributed by atoms with van der Waals surface area (Å²) in [7, 11) is 1.62. The van der Waals surface area contributed by atoms with Gasteiger partial charge < -0.3 is 10.6 Å². The van der Waals surface area contributed by atoms with Crippen LogP contribution in [-0.4, -0.2) is 28.2 Å². The van der Waals surface area contributed by atoms with E-state index in [-0.39, 0.29) is 17.9 Å². The lowest BCUT2D eigenvalue weighted by Crippen LogP contribution is -2.28. The molecule has 3 aromatic rings. The highest BCUT2D eigenvalue weighted by molar-refractivity contribution is 5.95. The first kappa shape index (κ1) is 16.3. The number of nitrogens with one attached hydrogen (secondary N) is 2. The first-order chi connectivity index (χ1) is 12.6. The van der Waals surface area contributed by atoms with Crippen molar-refractivity contribution in [2.24, 2.45) is 0 Å². The minimum absolute atomic E-state index is 0.0494. The van der Waals surface area contributed by atoms with E-state index in [1.54, 1.807) is 19.3 Å². The number of carbonyl (C=O) groups excluding carboxylic acids is 2. The second kappa shape index (κ2) is 6.29. The zero-order valence-corrected chi connectivity index (χ0v) is 14.7. The number of pyridine rings is 1. The molecule has 1 aliphatic carbocycles. The third-order valence-electron chi connectivity index (χ3n) is 4.90. The van der Waals surface area contributed by atoms with E-state index in [0.29, 0.717) is 11.3 Å². The Balaban J connectivity index is 1.58. The van der Waals surface area contributed by atoms with Gasteiger partial charge in [0.1, 0.15) is 11.3 Å². The van der Waals surface area contributed by atoms with Crippen LogP contribution in [0.4, 0.5) is 0 Å². The van der Waals surface area contributed by atoms with Crippen molar-refractivity contribution in [2.45, 2.75) is 25.8 Å². The quantitative estimate of drug-likeness (QED) is 0.763. The second-order valence-electron chi connectivity index (χ2n) is 6.64. The van der Waals surface area contributed by atoms with E-state index >= 15 is 0 Å². The molecule has 1 atom stereocenters. The van der Waals surface area contributed by atoms with Gasteiger partial charge in [-0.3, -0.25) is 14.0 Å². The van der Waals surface area contributed by atoms with Gasteiger partial charge in [0.15, 0.2) is 0 Å². The van der Waals surface area contributed by atoms with Gasteiger partial charge in [0.05, 0.1) is 12.2 Å². The van der Waals surface area contributed by atoms with Gasteiger partial charge in [-0.05, 0) is 54.7 Å². The van der Waals surface area contributed by atoms with E-state index in [9.17, 15) is 9.59 Å². The number of aryl methyl sites for hydroxylation is 2. The first-order valence-corrected chi connectivity index (χ1v) is 8.66. The molecule has 0 saturated carbocycles. The van der Waals surface area contributed by atoms with Crippen LogP contribution in [0.3, 0.4) is 0 Å². The number of carbonyl (C=O) groups is 2. The molecular formula is C20H20N4O2. The summed E-state index contributed by atoms with van der Waals surface area (Å²) in [6.45, 7) is 1.98. The molecule has 1 aromatic carbocycles. The van der Waals surface area contributed by atoms with Gasteiger partial charge in [0.2, 0.25) is 0 Å². The molecule has 4 rings (SSSR count). The number of amides is 2. The monoisotopic (exact) mass is 348 g/mol. The van der Waals surface area contributed by atoms with Crippen LogP contribution in [0.1, 0.15) is 50.0 Å². The molecule has 0 bridgehead atoms. The number of aromatic nitrogens is 2. The zero-order chi connectivity index (χ0) is 18.3. The van der Waals surface area contributed by atoms with Crippen molar-refractivity contribution in [1.29, 1.82) is 0 Å². The Morgan fingerprint density at radius 1 is 1.19 bits per heavy atom. The molecule has 2 amide bonds. The fourth-order valence-corrected chi connectivity index (χ4v) is 3.54. The minimum Gasteiger partial charge on any atom is -0.355 e. The van der Waals surface area contributed by atoms with Crippen LogP contribution in [0, 0.1) is 6.92 Å². The molecule has 132 valence electrons. The van der Waals surface area contributed by atoms with Gasteiger partial charge in [0.25, 0.3) is 11.8 Å².